The Balaban J connectivity index is 2.65. The first-order chi connectivity index (χ1) is 13.0. The van der Waals surface area contributed by atoms with Gasteiger partial charge in [0.25, 0.3) is 6.47 Å². The van der Waals surface area contributed by atoms with Crippen LogP contribution >= 0.6 is 0 Å². The maximum absolute atomic E-state index is 12.5. The molecule has 27 heavy (non-hydrogen) atoms. The number of primary amides is 1. The van der Waals surface area contributed by atoms with Crippen molar-refractivity contribution in [3.8, 4) is 0 Å². The van der Waals surface area contributed by atoms with Gasteiger partial charge in [-0.15, -0.1) is 0 Å². The highest BCUT2D eigenvalue weighted by molar-refractivity contribution is 5.97. The summed E-state index contributed by atoms with van der Waals surface area (Å²) in [6.45, 7) is 0.885. The van der Waals surface area contributed by atoms with E-state index in [0.29, 0.717) is 31.5 Å². The van der Waals surface area contributed by atoms with Crippen LogP contribution in [0, 0.1) is 0 Å². The van der Waals surface area contributed by atoms with Gasteiger partial charge in [-0.05, 0) is 37.6 Å². The lowest BCUT2D eigenvalue weighted by molar-refractivity contribution is -0.129. The summed E-state index contributed by atoms with van der Waals surface area (Å²) in [5.41, 5.74) is 6.31. The second-order valence-electron chi connectivity index (χ2n) is 5.68. The zero-order valence-corrected chi connectivity index (χ0v) is 15.1. The minimum atomic E-state index is -0.765. The SMILES string of the molecule is CNCC(=O)NC(CCCNC(N)=O)C(=O)Nc1ccc(COC=O)cc1. The largest absolute Gasteiger partial charge is 0.463 e. The second kappa shape index (κ2) is 12.3. The van der Waals surface area contributed by atoms with Crippen LogP contribution in [-0.2, 0) is 25.7 Å². The second-order valence-corrected chi connectivity index (χ2v) is 5.68. The summed E-state index contributed by atoms with van der Waals surface area (Å²) >= 11 is 0. The summed E-state index contributed by atoms with van der Waals surface area (Å²) in [5.74, 6) is -0.697. The van der Waals surface area contributed by atoms with E-state index in [0.717, 1.165) is 5.56 Å². The molecule has 0 spiro atoms. The Kier molecular flexibility index (Phi) is 9.94. The Hall–Kier alpha value is -3.14. The number of hydrogen-bond acceptors (Lipinski definition) is 6. The predicted molar refractivity (Wildman–Crippen MR) is 98.6 cm³/mol. The van der Waals surface area contributed by atoms with Crippen molar-refractivity contribution in [1.82, 2.24) is 16.0 Å². The van der Waals surface area contributed by atoms with Crippen molar-refractivity contribution in [2.75, 3.05) is 25.5 Å². The van der Waals surface area contributed by atoms with Crippen LogP contribution in [0.5, 0.6) is 0 Å². The summed E-state index contributed by atoms with van der Waals surface area (Å²) in [6, 6.07) is 5.35. The Morgan fingerprint density at radius 2 is 1.93 bits per heavy atom. The van der Waals surface area contributed by atoms with Gasteiger partial charge in [-0.1, -0.05) is 12.1 Å². The molecule has 4 amide bonds. The number of amides is 4. The number of hydrogen-bond donors (Lipinski definition) is 5. The van der Waals surface area contributed by atoms with Gasteiger partial charge < -0.3 is 31.7 Å². The molecule has 0 heterocycles. The van der Waals surface area contributed by atoms with E-state index in [2.05, 4.69) is 26.0 Å². The number of ether oxygens (including phenoxy) is 1. The molecule has 0 bridgehead atoms. The molecule has 6 N–H and O–H groups in total. The summed E-state index contributed by atoms with van der Waals surface area (Å²) in [6.07, 6.45) is 0.787. The standard InChI is InChI=1S/C17H25N5O5/c1-19-9-15(24)22-14(3-2-8-20-17(18)26)16(25)21-13-6-4-12(5-7-13)10-27-11-23/h4-7,11,14,19H,2-3,8-10H2,1H3,(H,21,25)(H,22,24)(H3,18,20,26). The average molecular weight is 379 g/mol. The van der Waals surface area contributed by atoms with Crippen molar-refractivity contribution in [3.05, 3.63) is 29.8 Å². The van der Waals surface area contributed by atoms with E-state index >= 15 is 0 Å². The van der Waals surface area contributed by atoms with E-state index in [1.165, 1.54) is 0 Å². The summed E-state index contributed by atoms with van der Waals surface area (Å²) < 4.78 is 4.66. The Labute approximate surface area is 157 Å². The molecule has 1 unspecified atom stereocenters. The van der Waals surface area contributed by atoms with E-state index < -0.39 is 12.1 Å². The van der Waals surface area contributed by atoms with E-state index in [9.17, 15) is 19.2 Å². The van der Waals surface area contributed by atoms with Crippen LogP contribution < -0.4 is 27.0 Å². The fraction of sp³-hybridized carbons (Fsp3) is 0.412. The molecule has 0 saturated carbocycles. The number of urea groups is 1. The molecule has 0 aliphatic rings. The molecule has 1 aromatic carbocycles. The maximum Gasteiger partial charge on any atom is 0.312 e. The van der Waals surface area contributed by atoms with Gasteiger partial charge in [-0.3, -0.25) is 14.4 Å². The quantitative estimate of drug-likeness (QED) is 0.243. The van der Waals surface area contributed by atoms with Gasteiger partial charge in [0.05, 0.1) is 6.54 Å². The van der Waals surface area contributed by atoms with Crippen LogP contribution in [0.25, 0.3) is 0 Å². The molecule has 10 nitrogen and oxygen atoms in total. The minimum absolute atomic E-state index is 0.0781. The molecule has 1 rings (SSSR count). The van der Waals surface area contributed by atoms with Crippen LogP contribution in [0.1, 0.15) is 18.4 Å². The smallest absolute Gasteiger partial charge is 0.312 e. The predicted octanol–water partition coefficient (Wildman–Crippen LogP) is -0.549. The van der Waals surface area contributed by atoms with Crippen molar-refractivity contribution in [2.24, 2.45) is 5.73 Å². The first kappa shape index (κ1) is 21.9. The van der Waals surface area contributed by atoms with Gasteiger partial charge >= 0.3 is 6.03 Å². The van der Waals surface area contributed by atoms with Crippen molar-refractivity contribution in [3.63, 3.8) is 0 Å². The van der Waals surface area contributed by atoms with E-state index in [1.807, 2.05) is 0 Å². The number of rotatable bonds is 12. The maximum atomic E-state index is 12.5. The zero-order chi connectivity index (χ0) is 20.1. The lowest BCUT2D eigenvalue weighted by Crippen LogP contribution is -2.46. The first-order valence-corrected chi connectivity index (χ1v) is 8.38. The highest BCUT2D eigenvalue weighted by Gasteiger charge is 2.20. The molecule has 0 aliphatic carbocycles. The molecular weight excluding hydrogens is 354 g/mol. The number of anilines is 1. The first-order valence-electron chi connectivity index (χ1n) is 8.38. The molecular formula is C17H25N5O5. The number of nitrogens with one attached hydrogen (secondary N) is 4. The molecule has 0 fully saturated rings. The highest BCUT2D eigenvalue weighted by atomic mass is 16.5. The minimum Gasteiger partial charge on any atom is -0.463 e. The fourth-order valence-corrected chi connectivity index (χ4v) is 2.24. The van der Waals surface area contributed by atoms with Crippen molar-refractivity contribution in [1.29, 1.82) is 0 Å². The summed E-state index contributed by atoms with van der Waals surface area (Å²) in [4.78, 5) is 45.2. The van der Waals surface area contributed by atoms with Crippen molar-refractivity contribution in [2.45, 2.75) is 25.5 Å². The monoisotopic (exact) mass is 379 g/mol. The Bertz CT molecular complexity index is 635. The molecule has 0 aliphatic heterocycles. The third-order valence-electron chi connectivity index (χ3n) is 3.50. The average Bonchev–Trinajstić information content (AvgIpc) is 2.63. The molecule has 10 heteroatoms. The van der Waals surface area contributed by atoms with E-state index in [-0.39, 0.29) is 25.0 Å². The normalized spacial score (nSPS) is 11.1. The lowest BCUT2D eigenvalue weighted by atomic mass is 10.1. The number of likely N-dealkylation sites (N-methyl/N-ethyl adjacent to an activating group) is 1. The van der Waals surface area contributed by atoms with Crippen molar-refractivity contribution < 1.29 is 23.9 Å². The summed E-state index contributed by atoms with van der Waals surface area (Å²) in [5, 5.41) is 10.5. The lowest BCUT2D eigenvalue weighted by Gasteiger charge is -2.18. The van der Waals surface area contributed by atoms with Gasteiger partial charge in [-0.25, -0.2) is 4.79 Å². The van der Waals surface area contributed by atoms with Crippen LogP contribution in [0.3, 0.4) is 0 Å². The number of carbonyl (C=O) groups is 4. The van der Waals surface area contributed by atoms with Gasteiger partial charge in [0.15, 0.2) is 0 Å². The Morgan fingerprint density at radius 1 is 1.22 bits per heavy atom. The molecule has 0 saturated heterocycles. The molecule has 1 aromatic rings. The molecule has 0 radical (unpaired) electrons. The third-order valence-corrected chi connectivity index (χ3v) is 3.50. The topological polar surface area (TPSA) is 152 Å². The van der Waals surface area contributed by atoms with E-state index in [1.54, 1.807) is 31.3 Å². The van der Waals surface area contributed by atoms with Gasteiger partial charge in [0, 0.05) is 12.2 Å². The van der Waals surface area contributed by atoms with E-state index in [4.69, 9.17) is 5.73 Å². The molecule has 1 atom stereocenters. The van der Waals surface area contributed by atoms with Gasteiger partial charge in [0.2, 0.25) is 11.8 Å². The molecule has 148 valence electrons. The number of benzene rings is 1. The number of carbonyl (C=O) groups excluding carboxylic acids is 4. The van der Waals surface area contributed by atoms with Crippen LogP contribution in [0.2, 0.25) is 0 Å². The van der Waals surface area contributed by atoms with Crippen LogP contribution in [-0.4, -0.2) is 50.5 Å². The highest BCUT2D eigenvalue weighted by Crippen LogP contribution is 2.11. The number of nitrogens with two attached hydrogens (primary N) is 1. The fourth-order valence-electron chi connectivity index (χ4n) is 2.24. The summed E-state index contributed by atoms with van der Waals surface area (Å²) in [7, 11) is 1.63. The Morgan fingerprint density at radius 3 is 2.52 bits per heavy atom. The third kappa shape index (κ3) is 9.21. The van der Waals surface area contributed by atoms with Crippen molar-refractivity contribution >= 4 is 30.0 Å². The van der Waals surface area contributed by atoms with Gasteiger partial charge in [0.1, 0.15) is 12.6 Å². The van der Waals surface area contributed by atoms with Crippen LogP contribution in [0.15, 0.2) is 24.3 Å². The molecule has 0 aromatic heterocycles. The van der Waals surface area contributed by atoms with Crippen LogP contribution in [0.4, 0.5) is 10.5 Å². The van der Waals surface area contributed by atoms with Gasteiger partial charge in [-0.2, -0.15) is 0 Å². The zero-order valence-electron chi connectivity index (χ0n) is 15.1.